The minimum atomic E-state index is -0.381. The van der Waals surface area contributed by atoms with Crippen molar-refractivity contribution in [1.29, 1.82) is 0 Å². The number of amides is 3. The van der Waals surface area contributed by atoms with Gasteiger partial charge in [0.1, 0.15) is 0 Å². The van der Waals surface area contributed by atoms with Gasteiger partial charge in [0.25, 0.3) is 17.7 Å². The lowest BCUT2D eigenvalue weighted by atomic mass is 9.76. The van der Waals surface area contributed by atoms with Crippen molar-refractivity contribution < 1.29 is 14.4 Å². The van der Waals surface area contributed by atoms with Crippen molar-refractivity contribution in [3.05, 3.63) is 113 Å². The lowest BCUT2D eigenvalue weighted by Gasteiger charge is -2.28. The molecule has 2 aliphatic heterocycles. The summed E-state index contributed by atoms with van der Waals surface area (Å²) < 4.78 is 0. The normalized spacial score (nSPS) is 21.6. The maximum atomic E-state index is 13.7. The van der Waals surface area contributed by atoms with Gasteiger partial charge in [0.2, 0.25) is 0 Å². The van der Waals surface area contributed by atoms with E-state index in [2.05, 4.69) is 43.0 Å². The highest BCUT2D eigenvalue weighted by Gasteiger charge is 2.38. The van der Waals surface area contributed by atoms with Gasteiger partial charge in [-0.15, -0.1) is 0 Å². The number of carbonyl (C=O) groups excluding carboxylic acids is 3. The Morgan fingerprint density at radius 1 is 1.00 bits per heavy atom. The number of likely N-dealkylation sites (tertiary alicyclic amines) is 1. The summed E-state index contributed by atoms with van der Waals surface area (Å²) in [6.07, 6.45) is 12.1. The van der Waals surface area contributed by atoms with Gasteiger partial charge < -0.3 is 4.90 Å². The molecule has 3 aliphatic rings. The van der Waals surface area contributed by atoms with Crippen LogP contribution in [0.25, 0.3) is 6.08 Å². The lowest BCUT2D eigenvalue weighted by molar-refractivity contribution is -0.138. The molecule has 3 amide bonds. The Bertz CT molecular complexity index is 1350. The molecule has 0 saturated carbocycles. The maximum absolute atomic E-state index is 13.7. The highest BCUT2D eigenvalue weighted by Crippen LogP contribution is 2.43. The van der Waals surface area contributed by atoms with E-state index >= 15 is 0 Å². The highest BCUT2D eigenvalue weighted by atomic mass is 16.2. The van der Waals surface area contributed by atoms with Crippen molar-refractivity contribution in [2.75, 3.05) is 13.1 Å². The summed E-state index contributed by atoms with van der Waals surface area (Å²) >= 11 is 0. The van der Waals surface area contributed by atoms with Crippen molar-refractivity contribution in [3.8, 4) is 0 Å². The summed E-state index contributed by atoms with van der Waals surface area (Å²) in [4.78, 5) is 42.8. The molecule has 2 heterocycles. The van der Waals surface area contributed by atoms with Crippen molar-refractivity contribution in [2.45, 2.75) is 38.1 Å². The van der Waals surface area contributed by atoms with Gasteiger partial charge >= 0.3 is 0 Å². The molecule has 0 aromatic heterocycles. The molecule has 1 aliphatic carbocycles. The van der Waals surface area contributed by atoms with Crippen molar-refractivity contribution in [3.63, 3.8) is 0 Å². The summed E-state index contributed by atoms with van der Waals surface area (Å²) in [7, 11) is 0. The largest absolute Gasteiger partial charge is 0.339 e. The maximum Gasteiger partial charge on any atom is 0.261 e. The summed E-state index contributed by atoms with van der Waals surface area (Å²) in [5.41, 5.74) is 4.44. The molecule has 5 rings (SSSR count). The second-order valence-corrected chi connectivity index (χ2v) is 9.61. The third-order valence-electron chi connectivity index (χ3n) is 7.60. The number of rotatable bonds is 5. The van der Waals surface area contributed by atoms with Crippen LogP contribution in [0.4, 0.5) is 0 Å². The van der Waals surface area contributed by atoms with Gasteiger partial charge in [-0.3, -0.25) is 19.3 Å². The Hall–Kier alpha value is -3.99. The fourth-order valence-corrected chi connectivity index (χ4v) is 5.72. The van der Waals surface area contributed by atoms with Crippen LogP contribution >= 0.6 is 0 Å². The molecule has 1 spiro atoms. The predicted octanol–water partition coefficient (Wildman–Crippen LogP) is 5.21. The number of hydrogen-bond acceptors (Lipinski definition) is 3. The summed E-state index contributed by atoms with van der Waals surface area (Å²) in [6, 6.07) is 15.8. The van der Waals surface area contributed by atoms with Crippen molar-refractivity contribution in [1.82, 2.24) is 9.80 Å². The van der Waals surface area contributed by atoms with Gasteiger partial charge in [0, 0.05) is 24.1 Å². The van der Waals surface area contributed by atoms with Gasteiger partial charge in [0.05, 0.1) is 17.7 Å². The fourth-order valence-electron chi connectivity index (χ4n) is 5.72. The molecule has 2 aromatic carbocycles. The first-order chi connectivity index (χ1) is 17.5. The van der Waals surface area contributed by atoms with E-state index in [9.17, 15) is 14.4 Å². The Labute approximate surface area is 212 Å². The van der Waals surface area contributed by atoms with Gasteiger partial charge in [-0.05, 0) is 48.9 Å². The summed E-state index contributed by atoms with van der Waals surface area (Å²) in [6.45, 7) is 6.89. The molecule has 2 aromatic rings. The average Bonchev–Trinajstić information content (AvgIpc) is 3.25. The van der Waals surface area contributed by atoms with Gasteiger partial charge in [-0.25, -0.2) is 0 Å². The zero-order chi connectivity index (χ0) is 25.3. The Morgan fingerprint density at radius 3 is 2.56 bits per heavy atom. The molecule has 182 valence electrons. The monoisotopic (exact) mass is 478 g/mol. The average molecular weight is 479 g/mol. The number of nitrogens with zero attached hydrogens (tertiary/aromatic N) is 2. The predicted molar refractivity (Wildman–Crippen MR) is 141 cm³/mol. The number of imide groups is 1. The van der Waals surface area contributed by atoms with E-state index in [0.717, 1.165) is 19.3 Å². The van der Waals surface area contributed by atoms with Gasteiger partial charge in [0.15, 0.2) is 0 Å². The molecule has 5 nitrogen and oxygen atoms in total. The van der Waals surface area contributed by atoms with Crippen molar-refractivity contribution >= 4 is 23.8 Å². The Kier molecular flexibility index (Phi) is 6.31. The third-order valence-corrected chi connectivity index (χ3v) is 7.60. The summed E-state index contributed by atoms with van der Waals surface area (Å²) in [5.74, 6) is -0.796. The Balaban J connectivity index is 1.36. The SMILES string of the molecule is C=CC1=C(/C=C\C)C(=O)N(Cc2ccccc2C(=O)N2CCCC3(C=Cc4ccccc43)CC2)C1=O. The van der Waals surface area contributed by atoms with Crippen molar-refractivity contribution in [2.24, 2.45) is 0 Å². The third kappa shape index (κ3) is 3.95. The molecule has 1 atom stereocenters. The minimum absolute atomic E-state index is 0.0184. The van der Waals surface area contributed by atoms with E-state index in [4.69, 9.17) is 0 Å². The number of hydrogen-bond donors (Lipinski definition) is 0. The first-order valence-electron chi connectivity index (χ1n) is 12.5. The van der Waals surface area contributed by atoms with Crippen LogP contribution in [0.2, 0.25) is 0 Å². The highest BCUT2D eigenvalue weighted by molar-refractivity contribution is 6.21. The van der Waals surface area contributed by atoms with Crippen LogP contribution in [-0.4, -0.2) is 40.6 Å². The zero-order valence-corrected chi connectivity index (χ0v) is 20.6. The molecule has 0 N–H and O–H groups in total. The minimum Gasteiger partial charge on any atom is -0.339 e. The first kappa shape index (κ1) is 23.7. The van der Waals surface area contributed by atoms with Crippen LogP contribution in [0.1, 0.15) is 53.2 Å². The summed E-state index contributed by atoms with van der Waals surface area (Å²) in [5, 5.41) is 0. The molecule has 0 radical (unpaired) electrons. The van der Waals surface area contributed by atoms with E-state index in [-0.39, 0.29) is 29.7 Å². The van der Waals surface area contributed by atoms with Gasteiger partial charge in [-0.1, -0.05) is 79.4 Å². The second-order valence-electron chi connectivity index (χ2n) is 9.61. The van der Waals surface area contributed by atoms with E-state index in [1.807, 2.05) is 23.1 Å². The molecule has 36 heavy (non-hydrogen) atoms. The second kappa shape index (κ2) is 9.57. The molecular formula is C31H30N2O3. The standard InChI is InChI=1S/C31H30N2O3/c1-3-10-26-24(4-2)29(35)33(30(26)36)21-23-12-5-7-13-25(23)28(34)32-19-9-16-31(18-20-32)17-15-22-11-6-8-14-27(22)31/h3-8,10-15,17H,2,9,16,18-21H2,1H3/b10-3-. The Morgan fingerprint density at radius 2 is 1.75 bits per heavy atom. The lowest BCUT2D eigenvalue weighted by Crippen LogP contribution is -2.35. The number of carbonyl (C=O) groups is 3. The van der Waals surface area contributed by atoms with Crippen LogP contribution in [-0.2, 0) is 21.5 Å². The van der Waals surface area contributed by atoms with E-state index in [0.29, 0.717) is 35.4 Å². The van der Waals surface area contributed by atoms with Gasteiger partial charge in [-0.2, -0.15) is 0 Å². The first-order valence-corrected chi connectivity index (χ1v) is 12.5. The van der Waals surface area contributed by atoms with Crippen LogP contribution < -0.4 is 0 Å². The molecule has 1 unspecified atom stereocenters. The van der Waals surface area contributed by atoms with E-state index < -0.39 is 0 Å². The molecule has 0 bridgehead atoms. The fraction of sp³-hybridized carbons (Fsp3) is 0.258. The smallest absolute Gasteiger partial charge is 0.261 e. The molecular weight excluding hydrogens is 448 g/mol. The van der Waals surface area contributed by atoms with E-state index in [1.165, 1.54) is 22.1 Å². The van der Waals surface area contributed by atoms with Crippen LogP contribution in [0, 0.1) is 0 Å². The van der Waals surface area contributed by atoms with E-state index in [1.54, 1.807) is 25.1 Å². The quantitative estimate of drug-likeness (QED) is 0.555. The number of benzene rings is 2. The van der Waals surface area contributed by atoms with Crippen LogP contribution in [0.5, 0.6) is 0 Å². The zero-order valence-electron chi connectivity index (χ0n) is 20.6. The number of fused-ring (bicyclic) bond motifs is 2. The molecule has 5 heteroatoms. The topological polar surface area (TPSA) is 57.7 Å². The van der Waals surface area contributed by atoms with Crippen LogP contribution in [0.3, 0.4) is 0 Å². The molecule has 1 fully saturated rings. The van der Waals surface area contributed by atoms with Crippen LogP contribution in [0.15, 0.2) is 90.6 Å². The molecule has 1 saturated heterocycles. The number of allylic oxidation sites excluding steroid dienone is 2.